The van der Waals surface area contributed by atoms with Crippen LogP contribution in [0, 0.1) is 6.92 Å². The van der Waals surface area contributed by atoms with Crippen LogP contribution in [0.4, 0.5) is 5.69 Å². The number of nitrogens with zero attached hydrogens (tertiary/aromatic N) is 2. The second-order valence-electron chi connectivity index (χ2n) is 5.25. The maximum atomic E-state index is 12.0. The molecule has 2 aromatic rings. The van der Waals surface area contributed by atoms with E-state index in [1.54, 1.807) is 6.92 Å². The fraction of sp³-hybridized carbons (Fsp3) is 0.375. The fourth-order valence-electron chi connectivity index (χ4n) is 2.10. The van der Waals surface area contributed by atoms with Crippen LogP contribution in [0.5, 0.6) is 0 Å². The summed E-state index contributed by atoms with van der Waals surface area (Å²) in [5.74, 6) is -0.286. The highest BCUT2D eigenvalue weighted by Gasteiger charge is 2.14. The van der Waals surface area contributed by atoms with Crippen molar-refractivity contribution in [1.82, 2.24) is 14.9 Å². The van der Waals surface area contributed by atoms with E-state index in [2.05, 4.69) is 39.3 Å². The number of aromatic nitrogens is 2. The number of aryl methyl sites for hydroxylation is 2. The highest BCUT2D eigenvalue weighted by molar-refractivity contribution is 7.80. The molecule has 7 heteroatoms. The Bertz CT molecular complexity index is 667. The van der Waals surface area contributed by atoms with E-state index in [0.29, 0.717) is 10.6 Å². The summed E-state index contributed by atoms with van der Waals surface area (Å²) in [6.07, 6.45) is 4.78. The van der Waals surface area contributed by atoms with Gasteiger partial charge in [0.15, 0.2) is 5.11 Å². The molecule has 0 fully saturated rings. The predicted molar refractivity (Wildman–Crippen MR) is 98.0 cm³/mol. The van der Waals surface area contributed by atoms with Crippen LogP contribution in [0.15, 0.2) is 24.3 Å². The van der Waals surface area contributed by atoms with Crippen molar-refractivity contribution in [2.24, 2.45) is 0 Å². The SMILES string of the molecule is CCCCCc1ccc(NC(=S)NC(=O)c2snnc2C)cc1. The van der Waals surface area contributed by atoms with Crippen molar-refractivity contribution in [3.05, 3.63) is 40.4 Å². The van der Waals surface area contributed by atoms with Gasteiger partial charge in [0.2, 0.25) is 0 Å². The molecule has 0 unspecified atom stereocenters. The summed E-state index contributed by atoms with van der Waals surface area (Å²) in [6.45, 7) is 3.94. The van der Waals surface area contributed by atoms with Crippen molar-refractivity contribution in [2.75, 3.05) is 5.32 Å². The number of unbranched alkanes of at least 4 members (excludes halogenated alkanes) is 2. The molecule has 0 aliphatic heterocycles. The lowest BCUT2D eigenvalue weighted by Gasteiger charge is -2.09. The fourth-order valence-corrected chi connectivity index (χ4v) is 2.86. The topological polar surface area (TPSA) is 66.9 Å². The molecule has 1 heterocycles. The first-order valence-electron chi connectivity index (χ1n) is 7.60. The van der Waals surface area contributed by atoms with Gasteiger partial charge >= 0.3 is 0 Å². The molecule has 0 atom stereocenters. The first kappa shape index (κ1) is 17.5. The Morgan fingerprint density at radius 2 is 2.00 bits per heavy atom. The zero-order valence-corrected chi connectivity index (χ0v) is 14.9. The number of thiocarbonyl (C=S) groups is 1. The molecule has 122 valence electrons. The molecule has 1 amide bonds. The summed E-state index contributed by atoms with van der Waals surface area (Å²) in [5.41, 5.74) is 2.77. The Kier molecular flexibility index (Phi) is 6.61. The molecule has 1 aromatic carbocycles. The summed E-state index contributed by atoms with van der Waals surface area (Å²) in [4.78, 5) is 12.5. The van der Waals surface area contributed by atoms with E-state index >= 15 is 0 Å². The summed E-state index contributed by atoms with van der Waals surface area (Å²) in [5, 5.41) is 9.73. The van der Waals surface area contributed by atoms with Gasteiger partial charge in [-0.3, -0.25) is 10.1 Å². The highest BCUT2D eigenvalue weighted by atomic mass is 32.1. The number of benzene rings is 1. The van der Waals surface area contributed by atoms with Gasteiger partial charge in [-0.15, -0.1) is 5.10 Å². The van der Waals surface area contributed by atoms with Crippen molar-refractivity contribution in [1.29, 1.82) is 0 Å². The van der Waals surface area contributed by atoms with Crippen LogP contribution in [-0.2, 0) is 6.42 Å². The average Bonchev–Trinajstić information content (AvgIpc) is 2.95. The minimum Gasteiger partial charge on any atom is -0.332 e. The number of anilines is 1. The predicted octanol–water partition coefficient (Wildman–Crippen LogP) is 3.71. The van der Waals surface area contributed by atoms with E-state index in [4.69, 9.17) is 12.2 Å². The normalized spacial score (nSPS) is 10.3. The lowest BCUT2D eigenvalue weighted by atomic mass is 10.1. The first-order valence-corrected chi connectivity index (χ1v) is 8.78. The van der Waals surface area contributed by atoms with Crippen molar-refractivity contribution >= 4 is 40.5 Å². The molecule has 0 aliphatic rings. The lowest BCUT2D eigenvalue weighted by Crippen LogP contribution is -2.34. The van der Waals surface area contributed by atoms with Crippen molar-refractivity contribution in [3.63, 3.8) is 0 Å². The number of nitrogens with one attached hydrogen (secondary N) is 2. The molecular weight excluding hydrogens is 328 g/mol. The van der Waals surface area contributed by atoms with Crippen LogP contribution in [-0.4, -0.2) is 20.6 Å². The second-order valence-corrected chi connectivity index (χ2v) is 6.41. The van der Waals surface area contributed by atoms with Crippen LogP contribution in [0.25, 0.3) is 0 Å². The molecule has 0 saturated carbocycles. The van der Waals surface area contributed by atoms with E-state index in [1.807, 2.05) is 12.1 Å². The zero-order valence-electron chi connectivity index (χ0n) is 13.3. The highest BCUT2D eigenvalue weighted by Crippen LogP contribution is 2.13. The Hall–Kier alpha value is -1.86. The van der Waals surface area contributed by atoms with E-state index in [1.165, 1.54) is 24.8 Å². The third-order valence-electron chi connectivity index (χ3n) is 3.37. The molecule has 2 N–H and O–H groups in total. The van der Waals surface area contributed by atoms with Gasteiger partial charge in [-0.25, -0.2) is 0 Å². The summed E-state index contributed by atoms with van der Waals surface area (Å²) < 4.78 is 3.74. The van der Waals surface area contributed by atoms with E-state index in [0.717, 1.165) is 23.6 Å². The maximum absolute atomic E-state index is 12.0. The Morgan fingerprint density at radius 1 is 1.26 bits per heavy atom. The van der Waals surface area contributed by atoms with Gasteiger partial charge in [-0.05, 0) is 61.2 Å². The van der Waals surface area contributed by atoms with Crippen LogP contribution >= 0.6 is 23.8 Å². The van der Waals surface area contributed by atoms with E-state index < -0.39 is 0 Å². The number of hydrogen-bond acceptors (Lipinski definition) is 5. The van der Waals surface area contributed by atoms with Gasteiger partial charge in [-0.2, -0.15) is 0 Å². The van der Waals surface area contributed by atoms with Gasteiger partial charge in [-0.1, -0.05) is 36.4 Å². The summed E-state index contributed by atoms with van der Waals surface area (Å²) in [7, 11) is 0. The molecule has 2 rings (SSSR count). The van der Waals surface area contributed by atoms with Gasteiger partial charge < -0.3 is 5.32 Å². The van der Waals surface area contributed by atoms with Crippen molar-refractivity contribution < 1.29 is 4.79 Å². The molecule has 0 bridgehead atoms. The maximum Gasteiger partial charge on any atom is 0.271 e. The van der Waals surface area contributed by atoms with E-state index in [9.17, 15) is 4.79 Å². The molecule has 5 nitrogen and oxygen atoms in total. The van der Waals surface area contributed by atoms with Gasteiger partial charge in [0, 0.05) is 5.69 Å². The van der Waals surface area contributed by atoms with Gasteiger partial charge in [0.1, 0.15) is 4.88 Å². The molecule has 0 saturated heterocycles. The summed E-state index contributed by atoms with van der Waals surface area (Å²) >= 11 is 6.23. The number of hydrogen-bond donors (Lipinski definition) is 2. The molecule has 0 spiro atoms. The molecule has 0 radical (unpaired) electrons. The molecule has 23 heavy (non-hydrogen) atoms. The monoisotopic (exact) mass is 348 g/mol. The minimum atomic E-state index is -0.286. The standard InChI is InChI=1S/C16H20N4OS2/c1-3-4-5-6-12-7-9-13(10-8-12)17-16(22)18-15(21)14-11(2)19-20-23-14/h7-10H,3-6H2,1-2H3,(H2,17,18,21,22). The minimum absolute atomic E-state index is 0.265. The third-order valence-corrected chi connectivity index (χ3v) is 4.40. The molecule has 0 aliphatic carbocycles. The lowest BCUT2D eigenvalue weighted by molar-refractivity contribution is 0.0981. The second kappa shape index (κ2) is 8.69. The number of carbonyl (C=O) groups is 1. The quantitative estimate of drug-likeness (QED) is 0.615. The molecular formula is C16H20N4OS2. The Morgan fingerprint density at radius 3 is 2.61 bits per heavy atom. The van der Waals surface area contributed by atoms with Crippen LogP contribution in [0.1, 0.15) is 47.1 Å². The first-order chi connectivity index (χ1) is 11.1. The van der Waals surface area contributed by atoms with Crippen LogP contribution in [0.2, 0.25) is 0 Å². The van der Waals surface area contributed by atoms with Crippen molar-refractivity contribution in [2.45, 2.75) is 39.5 Å². The number of rotatable bonds is 6. The third kappa shape index (κ3) is 5.37. The molecule has 1 aromatic heterocycles. The number of amides is 1. The number of carbonyl (C=O) groups excluding carboxylic acids is 1. The van der Waals surface area contributed by atoms with Gasteiger partial charge in [0.25, 0.3) is 5.91 Å². The smallest absolute Gasteiger partial charge is 0.271 e. The summed E-state index contributed by atoms with van der Waals surface area (Å²) in [6, 6.07) is 8.11. The van der Waals surface area contributed by atoms with Crippen LogP contribution in [0.3, 0.4) is 0 Å². The Balaban J connectivity index is 1.85. The van der Waals surface area contributed by atoms with Crippen LogP contribution < -0.4 is 10.6 Å². The van der Waals surface area contributed by atoms with Crippen molar-refractivity contribution in [3.8, 4) is 0 Å². The van der Waals surface area contributed by atoms with Gasteiger partial charge in [0.05, 0.1) is 5.69 Å². The Labute approximate surface area is 145 Å². The van der Waals surface area contributed by atoms with E-state index in [-0.39, 0.29) is 11.0 Å². The average molecular weight is 348 g/mol. The largest absolute Gasteiger partial charge is 0.332 e. The zero-order chi connectivity index (χ0) is 16.7.